The van der Waals surface area contributed by atoms with Crippen molar-refractivity contribution in [3.63, 3.8) is 0 Å². The summed E-state index contributed by atoms with van der Waals surface area (Å²) in [6, 6.07) is 24.6. The molecule has 0 saturated heterocycles. The van der Waals surface area contributed by atoms with Crippen LogP contribution >= 0.6 is 33.9 Å². The lowest BCUT2D eigenvalue weighted by Crippen LogP contribution is -2.38. The van der Waals surface area contributed by atoms with E-state index in [0.717, 1.165) is 40.2 Å². The third-order valence-corrected chi connectivity index (χ3v) is 8.17. The SMILES string of the molecule is COc1ccc([C@@H]2C3=C(N=c4s/c(=C\c5ccc(I)cc5)c(=O)n42)c2ccccc2CC3)cc1. The summed E-state index contributed by atoms with van der Waals surface area (Å²) in [6.07, 6.45) is 3.80. The molecule has 0 saturated carbocycles. The summed E-state index contributed by atoms with van der Waals surface area (Å²) in [6.45, 7) is 0. The van der Waals surface area contributed by atoms with Crippen LogP contribution in [0.4, 0.5) is 0 Å². The highest BCUT2D eigenvalue weighted by molar-refractivity contribution is 14.1. The van der Waals surface area contributed by atoms with E-state index >= 15 is 0 Å². The van der Waals surface area contributed by atoms with Crippen molar-refractivity contribution >= 4 is 45.7 Å². The number of ether oxygens (including phenoxy) is 1. The molecule has 4 aromatic rings. The van der Waals surface area contributed by atoms with Crippen LogP contribution in [0.15, 0.2) is 88.2 Å². The number of fused-ring (bicyclic) bond motifs is 3. The van der Waals surface area contributed by atoms with E-state index in [9.17, 15) is 4.79 Å². The topological polar surface area (TPSA) is 43.6 Å². The maximum atomic E-state index is 13.7. The van der Waals surface area contributed by atoms with Gasteiger partial charge in [0.25, 0.3) is 5.56 Å². The van der Waals surface area contributed by atoms with E-state index in [1.807, 2.05) is 34.9 Å². The van der Waals surface area contributed by atoms with E-state index in [2.05, 4.69) is 71.1 Å². The third-order valence-electron chi connectivity index (χ3n) is 6.47. The van der Waals surface area contributed by atoms with Crippen LogP contribution in [0.2, 0.25) is 0 Å². The summed E-state index contributed by atoms with van der Waals surface area (Å²) in [5, 5.41) is 0. The molecule has 6 rings (SSSR count). The smallest absolute Gasteiger partial charge is 0.271 e. The predicted octanol–water partition coefficient (Wildman–Crippen LogP) is 4.93. The van der Waals surface area contributed by atoms with E-state index in [4.69, 9.17) is 9.73 Å². The van der Waals surface area contributed by atoms with Crippen LogP contribution in [0.25, 0.3) is 11.8 Å². The molecule has 0 fully saturated rings. The van der Waals surface area contributed by atoms with Gasteiger partial charge >= 0.3 is 0 Å². The molecule has 0 N–H and O–H groups in total. The van der Waals surface area contributed by atoms with Crippen molar-refractivity contribution in [3.8, 4) is 5.75 Å². The van der Waals surface area contributed by atoms with Gasteiger partial charge in [0.2, 0.25) is 0 Å². The van der Waals surface area contributed by atoms with Gasteiger partial charge in [-0.3, -0.25) is 9.36 Å². The van der Waals surface area contributed by atoms with Crippen molar-refractivity contribution in [3.05, 3.63) is 124 Å². The molecule has 1 aromatic heterocycles. The van der Waals surface area contributed by atoms with Gasteiger partial charge in [0.1, 0.15) is 5.75 Å². The van der Waals surface area contributed by atoms with Crippen LogP contribution in [0.1, 0.15) is 34.7 Å². The molecule has 34 heavy (non-hydrogen) atoms. The first-order chi connectivity index (χ1) is 16.6. The van der Waals surface area contributed by atoms with Gasteiger partial charge in [0, 0.05) is 9.13 Å². The van der Waals surface area contributed by atoms with Crippen molar-refractivity contribution in [1.82, 2.24) is 4.57 Å². The average molecular weight is 576 g/mol. The number of allylic oxidation sites excluding steroid dienone is 1. The minimum absolute atomic E-state index is 0.00790. The van der Waals surface area contributed by atoms with Crippen LogP contribution < -0.4 is 19.6 Å². The Bertz CT molecular complexity index is 1610. The lowest BCUT2D eigenvalue weighted by Gasteiger charge is -2.30. The van der Waals surface area contributed by atoms with Gasteiger partial charge in [-0.05, 0) is 88.0 Å². The van der Waals surface area contributed by atoms with Gasteiger partial charge in [-0.25, -0.2) is 4.99 Å². The average Bonchev–Trinajstić information content (AvgIpc) is 3.18. The molecule has 6 heteroatoms. The first kappa shape index (κ1) is 21.6. The van der Waals surface area contributed by atoms with Gasteiger partial charge in [0.15, 0.2) is 4.80 Å². The summed E-state index contributed by atoms with van der Waals surface area (Å²) in [7, 11) is 1.67. The second-order valence-electron chi connectivity index (χ2n) is 8.44. The number of aromatic nitrogens is 1. The Balaban J connectivity index is 1.60. The van der Waals surface area contributed by atoms with Crippen LogP contribution in [-0.2, 0) is 6.42 Å². The molecule has 1 aliphatic heterocycles. The van der Waals surface area contributed by atoms with Gasteiger partial charge in [-0.2, -0.15) is 0 Å². The first-order valence-electron chi connectivity index (χ1n) is 11.1. The van der Waals surface area contributed by atoms with Crippen molar-refractivity contribution in [1.29, 1.82) is 0 Å². The Morgan fingerprint density at radius 2 is 1.79 bits per heavy atom. The monoisotopic (exact) mass is 576 g/mol. The normalized spacial score (nSPS) is 17.0. The number of hydrogen-bond acceptors (Lipinski definition) is 4. The number of halogens is 1. The molecule has 4 nitrogen and oxygen atoms in total. The number of thiazole rings is 1. The third kappa shape index (κ3) is 3.65. The molecule has 3 aromatic carbocycles. The highest BCUT2D eigenvalue weighted by atomic mass is 127. The Hall–Kier alpha value is -2.97. The minimum atomic E-state index is -0.176. The van der Waals surface area contributed by atoms with Gasteiger partial charge < -0.3 is 4.74 Å². The molecule has 0 unspecified atom stereocenters. The summed E-state index contributed by atoms with van der Waals surface area (Å²) < 4.78 is 9.13. The molecule has 1 aliphatic carbocycles. The molecule has 0 bridgehead atoms. The van der Waals surface area contributed by atoms with Crippen LogP contribution in [0, 0.1) is 3.57 Å². The zero-order valence-electron chi connectivity index (χ0n) is 18.5. The van der Waals surface area contributed by atoms with E-state index < -0.39 is 0 Å². The fourth-order valence-electron chi connectivity index (χ4n) is 4.82. The molecule has 1 atom stereocenters. The lowest BCUT2D eigenvalue weighted by molar-refractivity contribution is 0.414. The largest absolute Gasteiger partial charge is 0.497 e. The molecule has 2 aliphatic rings. The zero-order chi connectivity index (χ0) is 23.2. The Morgan fingerprint density at radius 1 is 1.03 bits per heavy atom. The second-order valence-corrected chi connectivity index (χ2v) is 10.7. The Labute approximate surface area is 214 Å². The number of hydrogen-bond donors (Lipinski definition) is 0. The summed E-state index contributed by atoms with van der Waals surface area (Å²) >= 11 is 3.76. The number of methoxy groups -OCH3 is 1. The summed E-state index contributed by atoms with van der Waals surface area (Å²) in [5.41, 5.74) is 6.81. The molecule has 168 valence electrons. The lowest BCUT2D eigenvalue weighted by atomic mass is 9.83. The standard InChI is InChI=1S/C28H21IN2O2S/c1-33-21-13-8-19(9-14-21)26-23-15-10-18-4-2-3-5-22(18)25(23)30-28-31(26)27(32)24(34-28)16-17-6-11-20(29)12-7-17/h2-9,11-14,16,26H,10,15H2,1H3/b24-16-/t26-/m1/s1. The van der Waals surface area contributed by atoms with E-state index in [1.54, 1.807) is 7.11 Å². The number of benzene rings is 3. The van der Waals surface area contributed by atoms with E-state index in [-0.39, 0.29) is 11.6 Å². The fourth-order valence-corrected chi connectivity index (χ4v) is 6.18. The molecular weight excluding hydrogens is 555 g/mol. The van der Waals surface area contributed by atoms with Gasteiger partial charge in [0.05, 0.1) is 23.4 Å². The van der Waals surface area contributed by atoms with Gasteiger partial charge in [-0.15, -0.1) is 0 Å². The van der Waals surface area contributed by atoms with Gasteiger partial charge in [-0.1, -0.05) is 59.9 Å². The number of rotatable bonds is 3. The number of nitrogens with zero attached hydrogens (tertiary/aromatic N) is 2. The number of aryl methyl sites for hydroxylation is 1. The molecule has 0 amide bonds. The first-order valence-corrected chi connectivity index (χ1v) is 13.0. The van der Waals surface area contributed by atoms with E-state index in [0.29, 0.717) is 4.53 Å². The quantitative estimate of drug-likeness (QED) is 0.325. The summed E-state index contributed by atoms with van der Waals surface area (Å²) in [5.74, 6) is 0.804. The van der Waals surface area contributed by atoms with Crippen LogP contribution in [0.3, 0.4) is 0 Å². The van der Waals surface area contributed by atoms with Crippen molar-refractivity contribution in [2.75, 3.05) is 7.11 Å². The Kier molecular flexibility index (Phi) is 5.50. The molecule has 0 spiro atoms. The zero-order valence-corrected chi connectivity index (χ0v) is 21.5. The Morgan fingerprint density at radius 3 is 2.56 bits per heavy atom. The minimum Gasteiger partial charge on any atom is -0.497 e. The van der Waals surface area contributed by atoms with Crippen molar-refractivity contribution in [2.45, 2.75) is 18.9 Å². The maximum Gasteiger partial charge on any atom is 0.271 e. The van der Waals surface area contributed by atoms with E-state index in [1.165, 1.54) is 31.6 Å². The second kappa shape index (κ2) is 8.67. The molecule has 0 radical (unpaired) electrons. The highest BCUT2D eigenvalue weighted by Crippen LogP contribution is 2.41. The van der Waals surface area contributed by atoms with Crippen LogP contribution in [0.5, 0.6) is 5.75 Å². The fraction of sp³-hybridized carbons (Fsp3) is 0.143. The maximum absolute atomic E-state index is 13.7. The van der Waals surface area contributed by atoms with Crippen LogP contribution in [-0.4, -0.2) is 11.7 Å². The predicted molar refractivity (Wildman–Crippen MR) is 145 cm³/mol. The molecule has 2 heterocycles. The van der Waals surface area contributed by atoms with Crippen molar-refractivity contribution in [2.24, 2.45) is 4.99 Å². The summed E-state index contributed by atoms with van der Waals surface area (Å²) in [4.78, 5) is 19.6. The molecular formula is C28H21IN2O2S. The highest BCUT2D eigenvalue weighted by Gasteiger charge is 2.32. The van der Waals surface area contributed by atoms with Crippen molar-refractivity contribution < 1.29 is 4.74 Å².